The lowest BCUT2D eigenvalue weighted by atomic mass is 10.4. The highest BCUT2D eigenvalue weighted by Crippen LogP contribution is 2.13. The average Bonchev–Trinajstić information content (AvgIpc) is 1.94. The number of hydrogen-bond donors (Lipinski definition) is 1. The normalized spacial score (nSPS) is 9.73. The summed E-state index contributed by atoms with van der Waals surface area (Å²) in [5, 5.41) is -0.212. The summed E-state index contributed by atoms with van der Waals surface area (Å²) < 4.78 is 0. The first-order valence-electron chi connectivity index (χ1n) is 2.83. The van der Waals surface area contributed by atoms with Gasteiger partial charge in [0, 0.05) is 6.20 Å². The van der Waals surface area contributed by atoms with Gasteiger partial charge >= 0.3 is 0 Å². The van der Waals surface area contributed by atoms with Gasteiger partial charge in [-0.25, -0.2) is 9.97 Å². The zero-order chi connectivity index (χ0) is 8.43. The summed E-state index contributed by atoms with van der Waals surface area (Å²) in [7, 11) is 0. The van der Waals surface area contributed by atoms with Crippen LogP contribution in [0, 0.1) is 6.92 Å². The molecule has 0 amide bonds. The number of halogens is 1. The molecule has 0 aliphatic rings. The van der Waals surface area contributed by atoms with Crippen LogP contribution in [0.3, 0.4) is 0 Å². The average molecular weight is 189 g/mol. The van der Waals surface area contributed by atoms with Crippen LogP contribution in [0.15, 0.2) is 6.20 Å². The molecule has 0 atom stereocenters. The third kappa shape index (κ3) is 1.91. The zero-order valence-electron chi connectivity index (χ0n) is 5.71. The second kappa shape index (κ2) is 3.19. The summed E-state index contributed by atoms with van der Waals surface area (Å²) in [6.45, 7) is 1.68. The molecule has 0 aliphatic carbocycles. The Bertz CT molecular complexity index is 303. The molecule has 0 aromatic carbocycles. The number of carbonyl (C=O) groups is 1. The molecule has 0 saturated heterocycles. The van der Waals surface area contributed by atoms with E-state index < -0.39 is 5.12 Å². The Balaban J connectivity index is 3.23. The van der Waals surface area contributed by atoms with Crippen molar-refractivity contribution in [2.24, 2.45) is 0 Å². The third-order valence-electron chi connectivity index (χ3n) is 1.07. The molecule has 0 N–H and O–H groups in total. The lowest BCUT2D eigenvalue weighted by Gasteiger charge is -1.97. The van der Waals surface area contributed by atoms with Gasteiger partial charge in [-0.1, -0.05) is 24.2 Å². The van der Waals surface area contributed by atoms with E-state index in [1.165, 1.54) is 6.20 Å². The summed E-state index contributed by atoms with van der Waals surface area (Å²) in [6.07, 6.45) is 1.38. The highest BCUT2D eigenvalue weighted by Gasteiger charge is 2.07. The summed E-state index contributed by atoms with van der Waals surface area (Å²) in [5.74, 6) is 0.506. The van der Waals surface area contributed by atoms with E-state index in [-0.39, 0.29) is 10.7 Å². The van der Waals surface area contributed by atoms with E-state index in [0.29, 0.717) is 5.82 Å². The third-order valence-corrected chi connectivity index (χ3v) is 1.56. The Morgan fingerprint density at radius 3 is 2.82 bits per heavy atom. The van der Waals surface area contributed by atoms with Gasteiger partial charge < -0.3 is 0 Å². The Morgan fingerprint density at radius 1 is 1.73 bits per heavy atom. The van der Waals surface area contributed by atoms with Crippen molar-refractivity contribution in [1.29, 1.82) is 0 Å². The number of aryl methyl sites for hydroxylation is 1. The van der Waals surface area contributed by atoms with Crippen LogP contribution in [0.2, 0.25) is 5.02 Å². The van der Waals surface area contributed by atoms with Crippen molar-refractivity contribution in [3.63, 3.8) is 0 Å². The van der Waals surface area contributed by atoms with Crippen LogP contribution in [-0.2, 0) is 0 Å². The van der Waals surface area contributed by atoms with Crippen LogP contribution in [0.1, 0.15) is 16.3 Å². The highest BCUT2D eigenvalue weighted by atomic mass is 35.5. The van der Waals surface area contributed by atoms with Crippen molar-refractivity contribution in [2.45, 2.75) is 6.92 Å². The predicted octanol–water partition coefficient (Wildman–Crippen LogP) is 1.51. The van der Waals surface area contributed by atoms with Crippen LogP contribution >= 0.6 is 24.2 Å². The fourth-order valence-electron chi connectivity index (χ4n) is 0.605. The standard InChI is InChI=1S/C6H5ClN2OS/c1-3-8-2-4(7)5(9-3)6(10)11/h2H,1H3,(H,10,11). The van der Waals surface area contributed by atoms with E-state index in [2.05, 4.69) is 22.6 Å². The SMILES string of the molecule is Cc1ncc(Cl)c(C(=O)S)n1. The van der Waals surface area contributed by atoms with Gasteiger partial charge in [-0.3, -0.25) is 4.79 Å². The molecule has 1 rings (SSSR count). The van der Waals surface area contributed by atoms with Crippen molar-refractivity contribution in [3.8, 4) is 0 Å². The van der Waals surface area contributed by atoms with Crippen molar-refractivity contribution in [2.75, 3.05) is 0 Å². The molecule has 11 heavy (non-hydrogen) atoms. The van der Waals surface area contributed by atoms with Crippen molar-refractivity contribution >= 4 is 29.3 Å². The Hall–Kier alpha value is -0.610. The first-order valence-corrected chi connectivity index (χ1v) is 3.66. The van der Waals surface area contributed by atoms with E-state index in [1.54, 1.807) is 6.92 Å². The molecule has 3 nitrogen and oxygen atoms in total. The van der Waals surface area contributed by atoms with Gasteiger partial charge in [0.15, 0.2) is 0 Å². The molecule has 1 heterocycles. The lowest BCUT2D eigenvalue weighted by Crippen LogP contribution is -1.99. The van der Waals surface area contributed by atoms with Gasteiger partial charge in [-0.15, -0.1) is 0 Å². The fourth-order valence-corrected chi connectivity index (χ4v) is 1.02. The molecule has 0 unspecified atom stereocenters. The van der Waals surface area contributed by atoms with Gasteiger partial charge in [-0.2, -0.15) is 0 Å². The van der Waals surface area contributed by atoms with Crippen LogP contribution in [-0.4, -0.2) is 15.1 Å². The lowest BCUT2D eigenvalue weighted by molar-refractivity contribution is 0.108. The van der Waals surface area contributed by atoms with E-state index in [1.807, 2.05) is 0 Å². The molecule has 0 aliphatic heterocycles. The monoisotopic (exact) mass is 188 g/mol. The Morgan fingerprint density at radius 2 is 2.36 bits per heavy atom. The first kappa shape index (κ1) is 8.49. The molecule has 0 radical (unpaired) electrons. The maximum Gasteiger partial charge on any atom is 0.236 e. The Kier molecular flexibility index (Phi) is 2.46. The van der Waals surface area contributed by atoms with E-state index in [4.69, 9.17) is 11.6 Å². The number of aromatic nitrogens is 2. The number of carbonyl (C=O) groups excluding carboxylic acids is 1. The minimum atomic E-state index is -0.444. The zero-order valence-corrected chi connectivity index (χ0v) is 7.36. The summed E-state index contributed by atoms with van der Waals surface area (Å²) in [4.78, 5) is 18.3. The summed E-state index contributed by atoms with van der Waals surface area (Å²) in [5.41, 5.74) is 0.155. The van der Waals surface area contributed by atoms with Crippen molar-refractivity contribution in [1.82, 2.24) is 9.97 Å². The summed E-state index contributed by atoms with van der Waals surface area (Å²) >= 11 is 9.19. The van der Waals surface area contributed by atoms with Crippen molar-refractivity contribution < 1.29 is 4.79 Å². The molecule has 5 heteroatoms. The smallest absolute Gasteiger partial charge is 0.236 e. The van der Waals surface area contributed by atoms with Gasteiger partial charge in [0.25, 0.3) is 0 Å². The molecule has 0 bridgehead atoms. The quantitative estimate of drug-likeness (QED) is 0.680. The summed E-state index contributed by atoms with van der Waals surface area (Å²) in [6, 6.07) is 0. The van der Waals surface area contributed by atoms with Crippen LogP contribution in [0.5, 0.6) is 0 Å². The molecule has 0 fully saturated rings. The van der Waals surface area contributed by atoms with Gasteiger partial charge in [0.1, 0.15) is 11.5 Å². The number of rotatable bonds is 1. The number of thiol groups is 1. The molecule has 1 aromatic heterocycles. The van der Waals surface area contributed by atoms with Crippen LogP contribution in [0.4, 0.5) is 0 Å². The first-order chi connectivity index (χ1) is 5.11. The largest absolute Gasteiger partial charge is 0.280 e. The number of nitrogens with zero attached hydrogens (tertiary/aromatic N) is 2. The minimum Gasteiger partial charge on any atom is -0.280 e. The highest BCUT2D eigenvalue weighted by molar-refractivity contribution is 7.97. The number of hydrogen-bond acceptors (Lipinski definition) is 3. The predicted molar refractivity (Wildman–Crippen MR) is 45.1 cm³/mol. The second-order valence-electron chi connectivity index (χ2n) is 1.92. The molecule has 58 valence electrons. The maximum absolute atomic E-state index is 10.7. The molecular formula is C6H5ClN2OS. The Labute approximate surface area is 74.2 Å². The second-order valence-corrected chi connectivity index (χ2v) is 2.73. The molecule has 0 spiro atoms. The maximum atomic E-state index is 10.7. The van der Waals surface area contributed by atoms with Crippen LogP contribution in [0.25, 0.3) is 0 Å². The van der Waals surface area contributed by atoms with Gasteiger partial charge in [0.05, 0.1) is 5.02 Å². The topological polar surface area (TPSA) is 42.9 Å². The van der Waals surface area contributed by atoms with Gasteiger partial charge in [0.2, 0.25) is 5.12 Å². The minimum absolute atomic E-state index is 0.155. The molecular weight excluding hydrogens is 184 g/mol. The fraction of sp³-hybridized carbons (Fsp3) is 0.167. The van der Waals surface area contributed by atoms with Crippen LogP contribution < -0.4 is 0 Å². The van der Waals surface area contributed by atoms with Gasteiger partial charge in [-0.05, 0) is 6.92 Å². The van der Waals surface area contributed by atoms with E-state index >= 15 is 0 Å². The van der Waals surface area contributed by atoms with E-state index in [0.717, 1.165) is 0 Å². The van der Waals surface area contributed by atoms with E-state index in [9.17, 15) is 4.79 Å². The van der Waals surface area contributed by atoms with Crippen molar-refractivity contribution in [3.05, 3.63) is 22.7 Å². The molecule has 0 saturated carbocycles. The molecule has 1 aromatic rings.